The third-order valence-corrected chi connectivity index (χ3v) is 4.18. The van der Waals surface area contributed by atoms with Crippen molar-refractivity contribution in [1.29, 1.82) is 0 Å². The summed E-state index contributed by atoms with van der Waals surface area (Å²) in [6.07, 6.45) is 6.04. The van der Waals surface area contributed by atoms with Crippen molar-refractivity contribution in [1.82, 2.24) is 14.3 Å². The van der Waals surface area contributed by atoms with Gasteiger partial charge >= 0.3 is 5.97 Å². The molecule has 1 saturated heterocycles. The van der Waals surface area contributed by atoms with Crippen LogP contribution in [0.1, 0.15) is 41.7 Å². The summed E-state index contributed by atoms with van der Waals surface area (Å²) in [6.45, 7) is 5.48. The topological polar surface area (TPSA) is 57.8 Å². The molecule has 5 heteroatoms. The van der Waals surface area contributed by atoms with Crippen molar-refractivity contribution in [2.75, 3.05) is 19.6 Å². The van der Waals surface area contributed by atoms with Crippen molar-refractivity contribution in [3.8, 4) is 0 Å². The lowest BCUT2D eigenvalue weighted by Crippen LogP contribution is -2.32. The van der Waals surface area contributed by atoms with E-state index in [0.717, 1.165) is 38.2 Å². The fourth-order valence-electron chi connectivity index (χ4n) is 2.94. The van der Waals surface area contributed by atoms with Crippen LogP contribution < -0.4 is 0 Å². The van der Waals surface area contributed by atoms with Crippen molar-refractivity contribution < 1.29 is 9.90 Å². The predicted octanol–water partition coefficient (Wildman–Crippen LogP) is 2.23. The number of rotatable bonds is 3. The van der Waals surface area contributed by atoms with Gasteiger partial charge in [-0.1, -0.05) is 6.92 Å². The summed E-state index contributed by atoms with van der Waals surface area (Å²) < 4.78 is 1.82. The number of aromatic nitrogens is 2. The highest BCUT2D eigenvalue weighted by atomic mass is 16.4. The Bertz CT molecular complexity index is 627. The van der Waals surface area contributed by atoms with E-state index in [1.54, 1.807) is 12.1 Å². The quantitative estimate of drug-likeness (QED) is 0.931. The van der Waals surface area contributed by atoms with Gasteiger partial charge in [-0.15, -0.1) is 0 Å². The molecule has 0 bridgehead atoms. The molecule has 3 rings (SSSR count). The van der Waals surface area contributed by atoms with Crippen molar-refractivity contribution >= 4 is 11.6 Å². The van der Waals surface area contributed by atoms with Gasteiger partial charge in [-0.2, -0.15) is 0 Å². The number of likely N-dealkylation sites (tertiary alicyclic amines) is 1. The maximum Gasteiger partial charge on any atom is 0.339 e. The van der Waals surface area contributed by atoms with E-state index >= 15 is 0 Å². The molecule has 0 aromatic carbocycles. The minimum atomic E-state index is -0.923. The van der Waals surface area contributed by atoms with Gasteiger partial charge in [0.1, 0.15) is 5.56 Å². The van der Waals surface area contributed by atoms with E-state index in [2.05, 4.69) is 16.8 Å². The first-order chi connectivity index (χ1) is 9.69. The highest BCUT2D eigenvalue weighted by molar-refractivity contribution is 5.94. The molecule has 0 amide bonds. The molecule has 20 heavy (non-hydrogen) atoms. The van der Waals surface area contributed by atoms with Crippen molar-refractivity contribution in [2.45, 2.75) is 25.7 Å². The van der Waals surface area contributed by atoms with Gasteiger partial charge < -0.3 is 14.4 Å². The summed E-state index contributed by atoms with van der Waals surface area (Å²) >= 11 is 0. The number of carboxylic acids is 1. The third-order valence-electron chi connectivity index (χ3n) is 4.18. The first-order valence-electron chi connectivity index (χ1n) is 7.12. The Hall–Kier alpha value is -1.88. The lowest BCUT2D eigenvalue weighted by molar-refractivity contribution is 0.0698. The fourth-order valence-corrected chi connectivity index (χ4v) is 2.94. The Morgan fingerprint density at radius 3 is 2.85 bits per heavy atom. The van der Waals surface area contributed by atoms with Crippen molar-refractivity contribution in [3.05, 3.63) is 35.8 Å². The molecule has 0 unspecified atom stereocenters. The van der Waals surface area contributed by atoms with Gasteiger partial charge in [0.25, 0.3) is 0 Å². The molecule has 0 aliphatic carbocycles. The molecule has 0 saturated carbocycles. The molecule has 3 heterocycles. The van der Waals surface area contributed by atoms with Crippen LogP contribution in [0.25, 0.3) is 5.65 Å². The van der Waals surface area contributed by atoms with Gasteiger partial charge in [0.15, 0.2) is 5.65 Å². The zero-order valence-electron chi connectivity index (χ0n) is 11.6. The normalized spacial score (nSPS) is 17.6. The van der Waals surface area contributed by atoms with Gasteiger partial charge in [0, 0.05) is 18.3 Å². The van der Waals surface area contributed by atoms with Crippen molar-refractivity contribution in [2.24, 2.45) is 0 Å². The second kappa shape index (κ2) is 5.25. The number of piperidine rings is 1. The van der Waals surface area contributed by atoms with Crippen LogP contribution in [0.3, 0.4) is 0 Å². The first kappa shape index (κ1) is 13.1. The molecule has 0 spiro atoms. The largest absolute Gasteiger partial charge is 0.478 e. The molecule has 5 nitrogen and oxygen atoms in total. The lowest BCUT2D eigenvalue weighted by Gasteiger charge is -2.30. The van der Waals surface area contributed by atoms with E-state index in [1.165, 1.54) is 0 Å². The Morgan fingerprint density at radius 1 is 1.45 bits per heavy atom. The van der Waals surface area contributed by atoms with E-state index in [4.69, 9.17) is 0 Å². The Morgan fingerprint density at radius 2 is 2.20 bits per heavy atom. The first-order valence-corrected chi connectivity index (χ1v) is 7.12. The Balaban J connectivity index is 1.90. The molecule has 106 valence electrons. The molecule has 1 N–H and O–H groups in total. The minimum Gasteiger partial charge on any atom is -0.478 e. The Kier molecular flexibility index (Phi) is 3.44. The molecule has 0 atom stereocenters. The van der Waals surface area contributed by atoms with E-state index < -0.39 is 5.97 Å². The summed E-state index contributed by atoms with van der Waals surface area (Å²) in [4.78, 5) is 18.2. The molecule has 1 aliphatic rings. The number of hydrogen-bond donors (Lipinski definition) is 1. The maximum atomic E-state index is 11.2. The van der Waals surface area contributed by atoms with Crippen molar-refractivity contribution in [3.63, 3.8) is 0 Å². The number of nitrogens with zero attached hydrogens (tertiary/aromatic N) is 3. The number of imidazole rings is 1. The van der Waals surface area contributed by atoms with Crippen LogP contribution in [-0.4, -0.2) is 45.0 Å². The van der Waals surface area contributed by atoms with Crippen LogP contribution in [0.2, 0.25) is 0 Å². The van der Waals surface area contributed by atoms with E-state index in [0.29, 0.717) is 11.6 Å². The van der Waals surface area contributed by atoms with Gasteiger partial charge in [-0.25, -0.2) is 9.78 Å². The van der Waals surface area contributed by atoms with Gasteiger partial charge in [0.2, 0.25) is 0 Å². The number of fused-ring (bicyclic) bond motifs is 1. The van der Waals surface area contributed by atoms with E-state index in [1.807, 2.05) is 16.8 Å². The fraction of sp³-hybridized carbons (Fsp3) is 0.467. The van der Waals surface area contributed by atoms with E-state index in [-0.39, 0.29) is 5.56 Å². The summed E-state index contributed by atoms with van der Waals surface area (Å²) in [5, 5.41) is 9.21. The smallest absolute Gasteiger partial charge is 0.339 e. The van der Waals surface area contributed by atoms with Gasteiger partial charge in [-0.3, -0.25) is 0 Å². The predicted molar refractivity (Wildman–Crippen MR) is 76.2 cm³/mol. The zero-order chi connectivity index (χ0) is 14.1. The van der Waals surface area contributed by atoms with Crippen LogP contribution in [0, 0.1) is 0 Å². The molecule has 0 radical (unpaired) electrons. The van der Waals surface area contributed by atoms with Crippen LogP contribution in [0.15, 0.2) is 24.5 Å². The molecule has 1 aliphatic heterocycles. The third kappa shape index (κ3) is 2.29. The standard InChI is InChI=1S/C15H19N3O2/c1-2-17-8-5-11(6-9-17)13-10-18-7-3-4-12(15(19)20)14(18)16-13/h3-4,7,10-11H,2,5-6,8-9H2,1H3,(H,19,20). The monoisotopic (exact) mass is 273 g/mol. The maximum absolute atomic E-state index is 11.2. The highest BCUT2D eigenvalue weighted by Crippen LogP contribution is 2.28. The summed E-state index contributed by atoms with van der Waals surface area (Å²) in [7, 11) is 0. The lowest BCUT2D eigenvalue weighted by atomic mass is 9.94. The van der Waals surface area contributed by atoms with Crippen LogP contribution in [0.4, 0.5) is 0 Å². The molecular weight excluding hydrogens is 254 g/mol. The molecule has 2 aromatic rings. The minimum absolute atomic E-state index is 0.268. The summed E-state index contributed by atoms with van der Waals surface area (Å²) in [5.41, 5.74) is 1.84. The average molecular weight is 273 g/mol. The highest BCUT2D eigenvalue weighted by Gasteiger charge is 2.22. The van der Waals surface area contributed by atoms with Crippen LogP contribution in [0.5, 0.6) is 0 Å². The number of carbonyl (C=O) groups is 1. The van der Waals surface area contributed by atoms with Crippen LogP contribution in [-0.2, 0) is 0 Å². The van der Waals surface area contributed by atoms with E-state index in [9.17, 15) is 9.90 Å². The number of pyridine rings is 1. The number of aromatic carboxylic acids is 1. The molecule has 1 fully saturated rings. The summed E-state index contributed by atoms with van der Waals surface area (Å²) in [6, 6.07) is 3.36. The SMILES string of the molecule is CCN1CCC(c2cn3cccc(C(=O)O)c3n2)CC1. The summed E-state index contributed by atoms with van der Waals surface area (Å²) in [5.74, 6) is -0.479. The van der Waals surface area contributed by atoms with Gasteiger partial charge in [0.05, 0.1) is 5.69 Å². The molecule has 2 aromatic heterocycles. The zero-order valence-corrected chi connectivity index (χ0v) is 11.6. The second-order valence-corrected chi connectivity index (χ2v) is 5.33. The van der Waals surface area contributed by atoms with Gasteiger partial charge in [-0.05, 0) is 44.6 Å². The molecular formula is C15H19N3O2. The number of carboxylic acid groups (broad SMARTS) is 1. The Labute approximate surface area is 117 Å². The second-order valence-electron chi connectivity index (χ2n) is 5.33. The van der Waals surface area contributed by atoms with Crippen LogP contribution >= 0.6 is 0 Å². The number of hydrogen-bond acceptors (Lipinski definition) is 3. The average Bonchev–Trinajstić information content (AvgIpc) is 2.90.